The first-order valence-corrected chi connectivity index (χ1v) is 6.21. The molecule has 0 fully saturated rings. The van der Waals surface area contributed by atoms with Gasteiger partial charge in [0, 0.05) is 12.6 Å². The van der Waals surface area contributed by atoms with Gasteiger partial charge in [-0.15, -0.1) is 0 Å². The summed E-state index contributed by atoms with van der Waals surface area (Å²) >= 11 is 0. The van der Waals surface area contributed by atoms with Gasteiger partial charge in [-0.25, -0.2) is 4.79 Å². The predicted molar refractivity (Wildman–Crippen MR) is 71.7 cm³/mol. The lowest BCUT2D eigenvalue weighted by Gasteiger charge is -2.34. The maximum Gasteiger partial charge on any atom is 0.414 e. The second-order valence-corrected chi connectivity index (χ2v) is 5.68. The molecule has 1 amide bonds. The number of amides is 1. The van der Waals surface area contributed by atoms with Crippen LogP contribution < -0.4 is 10.6 Å². The molecule has 1 atom stereocenters. The van der Waals surface area contributed by atoms with Crippen LogP contribution in [0.4, 0.5) is 10.5 Å². The van der Waals surface area contributed by atoms with E-state index in [1.165, 1.54) is 0 Å². The van der Waals surface area contributed by atoms with Crippen LogP contribution in [0, 0.1) is 0 Å². The van der Waals surface area contributed by atoms with Gasteiger partial charge in [0.05, 0.1) is 5.69 Å². The van der Waals surface area contributed by atoms with Crippen LogP contribution in [0.3, 0.4) is 0 Å². The maximum absolute atomic E-state index is 12.2. The summed E-state index contributed by atoms with van der Waals surface area (Å²) < 4.78 is 5.41. The second kappa shape index (κ2) is 4.61. The van der Waals surface area contributed by atoms with Crippen molar-refractivity contribution in [2.24, 2.45) is 5.73 Å². The van der Waals surface area contributed by atoms with E-state index in [-0.39, 0.29) is 12.1 Å². The van der Waals surface area contributed by atoms with Gasteiger partial charge >= 0.3 is 6.09 Å². The molecule has 0 unspecified atom stereocenters. The van der Waals surface area contributed by atoms with E-state index in [2.05, 4.69) is 0 Å². The molecule has 0 aromatic heterocycles. The highest BCUT2D eigenvalue weighted by molar-refractivity contribution is 5.89. The first-order valence-electron chi connectivity index (χ1n) is 6.21. The van der Waals surface area contributed by atoms with Crippen molar-refractivity contribution >= 4 is 11.8 Å². The number of hydrogen-bond donors (Lipinski definition) is 1. The average molecular weight is 248 g/mol. The molecule has 2 rings (SSSR count). The van der Waals surface area contributed by atoms with Crippen molar-refractivity contribution < 1.29 is 9.53 Å². The maximum atomic E-state index is 12.2. The Kier molecular flexibility index (Phi) is 3.30. The molecule has 0 bridgehead atoms. The van der Waals surface area contributed by atoms with Gasteiger partial charge in [0.25, 0.3) is 0 Å². The van der Waals surface area contributed by atoms with Crippen molar-refractivity contribution in [3.05, 3.63) is 29.8 Å². The van der Waals surface area contributed by atoms with E-state index in [0.29, 0.717) is 6.54 Å². The van der Waals surface area contributed by atoms with E-state index in [0.717, 1.165) is 17.7 Å². The molecule has 2 N–H and O–H groups in total. The van der Waals surface area contributed by atoms with E-state index in [9.17, 15) is 4.79 Å². The summed E-state index contributed by atoms with van der Waals surface area (Å²) in [6.45, 7) is 6.09. The SMILES string of the molecule is CC(C)(C)OC(=O)N1C[C@@H](N)Cc2ccccc21. The molecule has 0 saturated heterocycles. The molecule has 1 aromatic carbocycles. The molecule has 0 spiro atoms. The molecular formula is C14H20N2O2. The Morgan fingerprint density at radius 2 is 2.06 bits per heavy atom. The molecule has 4 heteroatoms. The molecule has 0 radical (unpaired) electrons. The van der Waals surface area contributed by atoms with Crippen LogP contribution in [0.15, 0.2) is 24.3 Å². The lowest BCUT2D eigenvalue weighted by atomic mass is 9.99. The molecule has 98 valence electrons. The molecular weight excluding hydrogens is 228 g/mol. The van der Waals surface area contributed by atoms with Crippen molar-refractivity contribution in [1.29, 1.82) is 0 Å². The van der Waals surface area contributed by atoms with Gasteiger partial charge in [0.15, 0.2) is 0 Å². The summed E-state index contributed by atoms with van der Waals surface area (Å²) in [4.78, 5) is 13.8. The van der Waals surface area contributed by atoms with Crippen LogP contribution in [0.2, 0.25) is 0 Å². The van der Waals surface area contributed by atoms with Gasteiger partial charge in [0.1, 0.15) is 5.60 Å². The highest BCUT2D eigenvalue weighted by Gasteiger charge is 2.29. The normalized spacial score (nSPS) is 19.3. The zero-order chi connectivity index (χ0) is 13.3. The number of anilines is 1. The van der Waals surface area contributed by atoms with Crippen molar-refractivity contribution in [2.75, 3.05) is 11.4 Å². The number of carbonyl (C=O) groups excluding carboxylic acids is 1. The molecule has 18 heavy (non-hydrogen) atoms. The summed E-state index contributed by atoms with van der Waals surface area (Å²) in [6, 6.07) is 7.79. The lowest BCUT2D eigenvalue weighted by Crippen LogP contribution is -2.47. The van der Waals surface area contributed by atoms with Crippen LogP contribution in [-0.2, 0) is 11.2 Å². The monoisotopic (exact) mass is 248 g/mol. The van der Waals surface area contributed by atoms with Crippen LogP contribution >= 0.6 is 0 Å². The predicted octanol–water partition coefficient (Wildman–Crippen LogP) is 2.31. The Hall–Kier alpha value is -1.55. The Labute approximate surface area is 108 Å². The lowest BCUT2D eigenvalue weighted by molar-refractivity contribution is 0.0575. The topological polar surface area (TPSA) is 55.6 Å². The molecule has 0 saturated carbocycles. The van der Waals surface area contributed by atoms with E-state index in [4.69, 9.17) is 10.5 Å². The number of nitrogens with two attached hydrogens (primary N) is 1. The van der Waals surface area contributed by atoms with Crippen LogP contribution in [-0.4, -0.2) is 24.3 Å². The zero-order valence-electron chi connectivity index (χ0n) is 11.1. The van der Waals surface area contributed by atoms with Crippen molar-refractivity contribution in [3.63, 3.8) is 0 Å². The number of nitrogens with zero attached hydrogens (tertiary/aromatic N) is 1. The van der Waals surface area contributed by atoms with Gasteiger partial charge in [-0.05, 0) is 38.8 Å². The zero-order valence-corrected chi connectivity index (χ0v) is 11.1. The Balaban J connectivity index is 2.26. The minimum atomic E-state index is -0.492. The van der Waals surface area contributed by atoms with E-state index < -0.39 is 5.60 Å². The largest absolute Gasteiger partial charge is 0.443 e. The number of ether oxygens (including phenoxy) is 1. The summed E-state index contributed by atoms with van der Waals surface area (Å²) in [5.74, 6) is 0. The fourth-order valence-electron chi connectivity index (χ4n) is 2.12. The highest BCUT2D eigenvalue weighted by Crippen LogP contribution is 2.27. The Morgan fingerprint density at radius 3 is 2.72 bits per heavy atom. The van der Waals surface area contributed by atoms with Crippen LogP contribution in [0.1, 0.15) is 26.3 Å². The van der Waals surface area contributed by atoms with Gasteiger partial charge in [-0.3, -0.25) is 4.90 Å². The third-order valence-corrected chi connectivity index (χ3v) is 2.80. The standard InChI is InChI=1S/C14H20N2O2/c1-14(2,3)18-13(17)16-9-11(15)8-10-6-4-5-7-12(10)16/h4-7,11H,8-9,15H2,1-3H3/t11-/m0/s1. The molecule has 0 aliphatic carbocycles. The smallest absolute Gasteiger partial charge is 0.414 e. The summed E-state index contributed by atoms with van der Waals surface area (Å²) in [5.41, 5.74) is 7.51. The fraction of sp³-hybridized carbons (Fsp3) is 0.500. The third-order valence-electron chi connectivity index (χ3n) is 2.80. The first kappa shape index (κ1) is 12.9. The first-order chi connectivity index (χ1) is 8.37. The van der Waals surface area contributed by atoms with Crippen molar-refractivity contribution in [2.45, 2.75) is 38.8 Å². The molecule has 1 aliphatic rings. The molecule has 1 aliphatic heterocycles. The minimum absolute atomic E-state index is 0.0348. The average Bonchev–Trinajstić information content (AvgIpc) is 2.25. The molecule has 1 aromatic rings. The number of para-hydroxylation sites is 1. The quantitative estimate of drug-likeness (QED) is 0.766. The third kappa shape index (κ3) is 2.82. The van der Waals surface area contributed by atoms with Crippen molar-refractivity contribution in [1.82, 2.24) is 0 Å². The summed E-state index contributed by atoms with van der Waals surface area (Å²) in [7, 11) is 0. The number of hydrogen-bond acceptors (Lipinski definition) is 3. The number of carbonyl (C=O) groups is 1. The summed E-state index contributed by atoms with van der Waals surface area (Å²) in [5, 5.41) is 0. The Morgan fingerprint density at radius 1 is 1.39 bits per heavy atom. The Bertz CT molecular complexity index is 451. The van der Waals surface area contributed by atoms with E-state index in [1.807, 2.05) is 45.0 Å². The van der Waals surface area contributed by atoms with E-state index >= 15 is 0 Å². The van der Waals surface area contributed by atoms with Crippen LogP contribution in [0.5, 0.6) is 0 Å². The molecule has 1 heterocycles. The minimum Gasteiger partial charge on any atom is -0.443 e. The molecule has 4 nitrogen and oxygen atoms in total. The number of rotatable bonds is 0. The second-order valence-electron chi connectivity index (χ2n) is 5.68. The van der Waals surface area contributed by atoms with Gasteiger partial charge in [-0.2, -0.15) is 0 Å². The number of fused-ring (bicyclic) bond motifs is 1. The summed E-state index contributed by atoms with van der Waals surface area (Å²) in [6.07, 6.45) is 0.472. The highest BCUT2D eigenvalue weighted by atomic mass is 16.6. The number of benzene rings is 1. The van der Waals surface area contributed by atoms with Crippen LogP contribution in [0.25, 0.3) is 0 Å². The van der Waals surface area contributed by atoms with Crippen molar-refractivity contribution in [3.8, 4) is 0 Å². The van der Waals surface area contributed by atoms with Gasteiger partial charge in [-0.1, -0.05) is 18.2 Å². The van der Waals surface area contributed by atoms with Gasteiger partial charge < -0.3 is 10.5 Å². The fourth-order valence-corrected chi connectivity index (χ4v) is 2.12. The van der Waals surface area contributed by atoms with Gasteiger partial charge in [0.2, 0.25) is 0 Å². The van der Waals surface area contributed by atoms with E-state index in [1.54, 1.807) is 4.90 Å².